The van der Waals surface area contributed by atoms with Gasteiger partial charge in [0.2, 0.25) is 0 Å². The summed E-state index contributed by atoms with van der Waals surface area (Å²) in [5.74, 6) is 0. The van der Waals surface area contributed by atoms with E-state index in [1.165, 1.54) is 0 Å². The lowest BCUT2D eigenvalue weighted by atomic mass is 10.2. The molecule has 0 atom stereocenters. The maximum Gasteiger partial charge on any atom is 0.0793 e. The van der Waals surface area contributed by atoms with E-state index in [4.69, 9.17) is 5.11 Å². The third kappa shape index (κ3) is 2.73. The monoisotopic (exact) mass is 172 g/mol. The number of rotatable bonds is 5. The number of likely N-dealkylation sites (tertiary alicyclic amines) is 1. The zero-order chi connectivity index (χ0) is 8.97. The van der Waals surface area contributed by atoms with Gasteiger partial charge in [-0.2, -0.15) is 0 Å². The summed E-state index contributed by atoms with van der Waals surface area (Å²) in [5.41, 5.74) is 0. The van der Waals surface area contributed by atoms with Gasteiger partial charge in [0.1, 0.15) is 0 Å². The molecule has 0 radical (unpaired) electrons. The van der Waals surface area contributed by atoms with Crippen LogP contribution in [0.2, 0.25) is 0 Å². The number of hydrogen-bond donors (Lipinski definition) is 1. The molecule has 0 aromatic carbocycles. The first kappa shape index (κ1) is 9.96. The lowest BCUT2D eigenvalue weighted by Gasteiger charge is -2.37. The minimum Gasteiger partial charge on any atom is -0.390 e. The summed E-state index contributed by atoms with van der Waals surface area (Å²) in [6, 6.07) is 0. The van der Waals surface area contributed by atoms with Gasteiger partial charge < -0.3 is 10.0 Å². The molecule has 1 aliphatic heterocycles. The Balaban J connectivity index is 2.01. The lowest BCUT2D eigenvalue weighted by molar-refractivity contribution is -0.00199. The van der Waals surface area contributed by atoms with Crippen LogP contribution in [0.4, 0.5) is 0 Å². The van der Waals surface area contributed by atoms with Gasteiger partial charge in [-0.25, -0.2) is 0 Å². The summed E-state index contributed by atoms with van der Waals surface area (Å²) in [6.07, 6.45) is -0.0540. The molecule has 0 unspecified atom stereocenters. The number of aliphatic hydroxyl groups excluding tert-OH is 1. The van der Waals surface area contributed by atoms with Crippen LogP contribution in [0.25, 0.3) is 0 Å². The van der Waals surface area contributed by atoms with E-state index in [1.54, 1.807) is 0 Å². The van der Waals surface area contributed by atoms with E-state index in [0.717, 1.165) is 39.3 Å². The van der Waals surface area contributed by atoms with Crippen LogP contribution in [-0.4, -0.2) is 60.3 Å². The Labute approximate surface area is 75.0 Å². The molecule has 1 fully saturated rings. The summed E-state index contributed by atoms with van der Waals surface area (Å²) in [6.45, 7) is 10.6. The Hall–Kier alpha value is -0.120. The van der Waals surface area contributed by atoms with Crippen LogP contribution < -0.4 is 0 Å². The van der Waals surface area contributed by atoms with Crippen LogP contribution in [0, 0.1) is 0 Å². The summed E-state index contributed by atoms with van der Waals surface area (Å²) >= 11 is 0. The highest BCUT2D eigenvalue weighted by molar-refractivity contribution is 4.78. The molecule has 0 amide bonds. The molecular formula is C9H20N2O. The first-order valence-electron chi connectivity index (χ1n) is 4.89. The minimum absolute atomic E-state index is 0.0540. The zero-order valence-electron chi connectivity index (χ0n) is 8.16. The molecule has 1 heterocycles. The first-order chi connectivity index (χ1) is 5.76. The number of aliphatic hydroxyl groups is 1. The van der Waals surface area contributed by atoms with Gasteiger partial charge in [0.05, 0.1) is 6.10 Å². The van der Waals surface area contributed by atoms with E-state index >= 15 is 0 Å². The molecule has 1 rings (SSSR count). The van der Waals surface area contributed by atoms with Crippen molar-refractivity contribution >= 4 is 0 Å². The van der Waals surface area contributed by atoms with E-state index in [-0.39, 0.29) is 6.10 Å². The molecule has 1 N–H and O–H groups in total. The molecule has 3 nitrogen and oxygen atoms in total. The normalized spacial score (nSPS) is 20.0. The van der Waals surface area contributed by atoms with Gasteiger partial charge in [0, 0.05) is 26.2 Å². The van der Waals surface area contributed by atoms with Crippen LogP contribution >= 0.6 is 0 Å². The van der Waals surface area contributed by atoms with Crippen LogP contribution in [0.15, 0.2) is 0 Å². The second kappa shape index (κ2) is 4.80. The van der Waals surface area contributed by atoms with E-state index in [1.807, 2.05) is 0 Å². The van der Waals surface area contributed by atoms with Gasteiger partial charge in [-0.3, -0.25) is 4.90 Å². The molecule has 0 aromatic rings. The van der Waals surface area contributed by atoms with Crippen LogP contribution in [-0.2, 0) is 0 Å². The van der Waals surface area contributed by atoms with Crippen LogP contribution in [0.1, 0.15) is 13.8 Å². The highest BCUT2D eigenvalue weighted by atomic mass is 16.3. The Kier molecular flexibility index (Phi) is 3.98. The Morgan fingerprint density at radius 2 is 1.92 bits per heavy atom. The Bertz CT molecular complexity index is 120. The fraction of sp³-hybridized carbons (Fsp3) is 1.00. The average Bonchev–Trinajstić information content (AvgIpc) is 2.03. The number of nitrogens with zero attached hydrogens (tertiary/aromatic N) is 2. The fourth-order valence-corrected chi connectivity index (χ4v) is 1.55. The highest BCUT2D eigenvalue weighted by Gasteiger charge is 2.23. The van der Waals surface area contributed by atoms with Crippen molar-refractivity contribution in [2.24, 2.45) is 0 Å². The van der Waals surface area contributed by atoms with Crippen LogP contribution in [0.5, 0.6) is 0 Å². The van der Waals surface area contributed by atoms with Gasteiger partial charge >= 0.3 is 0 Å². The van der Waals surface area contributed by atoms with Crippen molar-refractivity contribution in [3.8, 4) is 0 Å². The molecule has 3 heteroatoms. The van der Waals surface area contributed by atoms with Gasteiger partial charge in [-0.1, -0.05) is 13.8 Å². The zero-order valence-corrected chi connectivity index (χ0v) is 8.16. The van der Waals surface area contributed by atoms with Gasteiger partial charge in [-0.15, -0.1) is 0 Å². The highest BCUT2D eigenvalue weighted by Crippen LogP contribution is 2.06. The number of β-amino-alcohol motifs (C(OH)–C–C–N with tert-alkyl or cyclic N) is 1. The van der Waals surface area contributed by atoms with Crippen molar-refractivity contribution in [2.45, 2.75) is 20.0 Å². The van der Waals surface area contributed by atoms with Gasteiger partial charge in [-0.05, 0) is 13.1 Å². The second-order valence-electron chi connectivity index (χ2n) is 3.44. The van der Waals surface area contributed by atoms with E-state index in [9.17, 15) is 0 Å². The summed E-state index contributed by atoms with van der Waals surface area (Å²) in [5, 5.41) is 9.04. The maximum absolute atomic E-state index is 9.04. The molecule has 1 saturated heterocycles. The summed E-state index contributed by atoms with van der Waals surface area (Å²) < 4.78 is 0. The third-order valence-corrected chi connectivity index (χ3v) is 2.56. The predicted molar refractivity (Wildman–Crippen MR) is 50.2 cm³/mol. The molecular weight excluding hydrogens is 152 g/mol. The van der Waals surface area contributed by atoms with E-state index in [0.29, 0.717) is 0 Å². The molecule has 72 valence electrons. The van der Waals surface area contributed by atoms with E-state index < -0.39 is 0 Å². The van der Waals surface area contributed by atoms with Crippen molar-refractivity contribution in [1.82, 2.24) is 9.80 Å². The van der Waals surface area contributed by atoms with Crippen molar-refractivity contribution in [2.75, 3.05) is 39.3 Å². The first-order valence-corrected chi connectivity index (χ1v) is 4.89. The summed E-state index contributed by atoms with van der Waals surface area (Å²) in [4.78, 5) is 4.70. The van der Waals surface area contributed by atoms with E-state index in [2.05, 4.69) is 23.6 Å². The molecule has 0 aliphatic carbocycles. The number of hydrogen-bond acceptors (Lipinski definition) is 3. The molecule has 12 heavy (non-hydrogen) atoms. The molecule has 1 aliphatic rings. The Morgan fingerprint density at radius 1 is 1.33 bits per heavy atom. The quantitative estimate of drug-likeness (QED) is 0.632. The van der Waals surface area contributed by atoms with Crippen molar-refractivity contribution < 1.29 is 5.11 Å². The molecule has 0 aromatic heterocycles. The minimum atomic E-state index is -0.0540. The average molecular weight is 172 g/mol. The predicted octanol–water partition coefficient (Wildman–Crippen LogP) is 0.00470. The molecule has 0 saturated carbocycles. The smallest absolute Gasteiger partial charge is 0.0793 e. The summed E-state index contributed by atoms with van der Waals surface area (Å²) in [7, 11) is 0. The standard InChI is InChI=1S/C9H20N2O/c1-3-10(4-2)5-6-11-7-9(12)8-11/h9,12H,3-8H2,1-2H3. The van der Waals surface area contributed by atoms with Crippen molar-refractivity contribution in [1.29, 1.82) is 0 Å². The Morgan fingerprint density at radius 3 is 2.33 bits per heavy atom. The van der Waals surface area contributed by atoms with Crippen molar-refractivity contribution in [3.05, 3.63) is 0 Å². The van der Waals surface area contributed by atoms with Crippen molar-refractivity contribution in [3.63, 3.8) is 0 Å². The largest absolute Gasteiger partial charge is 0.390 e. The molecule has 0 spiro atoms. The second-order valence-corrected chi connectivity index (χ2v) is 3.44. The number of likely N-dealkylation sites (N-methyl/N-ethyl adjacent to an activating group) is 1. The van der Waals surface area contributed by atoms with Gasteiger partial charge in [0.15, 0.2) is 0 Å². The van der Waals surface area contributed by atoms with Gasteiger partial charge in [0.25, 0.3) is 0 Å². The molecule has 0 bridgehead atoms. The SMILES string of the molecule is CCN(CC)CCN1CC(O)C1. The van der Waals surface area contributed by atoms with Crippen LogP contribution in [0.3, 0.4) is 0 Å². The lowest BCUT2D eigenvalue weighted by Crippen LogP contribution is -2.52. The topological polar surface area (TPSA) is 26.7 Å². The maximum atomic E-state index is 9.04. The third-order valence-electron chi connectivity index (χ3n) is 2.56. The fourth-order valence-electron chi connectivity index (χ4n) is 1.55.